The van der Waals surface area contributed by atoms with Crippen molar-refractivity contribution in [2.24, 2.45) is 5.16 Å². The Kier molecular flexibility index (Phi) is 3.47. The van der Waals surface area contributed by atoms with Crippen LogP contribution in [0.5, 0.6) is 0 Å². The average Bonchev–Trinajstić information content (AvgIpc) is 3.09. The molecule has 6 heteroatoms. The first kappa shape index (κ1) is 12.8. The zero-order chi connectivity index (χ0) is 13.9. The normalized spacial score (nSPS) is 17.4. The van der Waals surface area contributed by atoms with Crippen molar-refractivity contribution in [3.8, 4) is 0 Å². The maximum atomic E-state index is 12.1. The molecule has 1 aromatic heterocycles. The molecule has 0 bridgehead atoms. The van der Waals surface area contributed by atoms with Crippen LogP contribution in [0.1, 0.15) is 16.9 Å². The summed E-state index contributed by atoms with van der Waals surface area (Å²) in [5.41, 5.74) is 1.77. The number of aromatic nitrogens is 1. The number of aryl methyl sites for hydroxylation is 1. The number of nitrogens with one attached hydrogen (secondary N) is 1. The van der Waals surface area contributed by atoms with Crippen LogP contribution in [-0.4, -0.2) is 22.7 Å². The monoisotopic (exact) mass is 287 g/mol. The van der Waals surface area contributed by atoms with Crippen molar-refractivity contribution < 1.29 is 9.63 Å². The van der Waals surface area contributed by atoms with Gasteiger partial charge in [-0.1, -0.05) is 35.5 Å². The first-order valence-electron chi connectivity index (χ1n) is 6.24. The summed E-state index contributed by atoms with van der Waals surface area (Å²) in [5.74, 6) is -0.214. The Bertz CT molecular complexity index is 651. The molecule has 20 heavy (non-hydrogen) atoms. The number of thiazole rings is 1. The number of benzene rings is 1. The molecular weight excluding hydrogens is 274 g/mol. The van der Waals surface area contributed by atoms with Gasteiger partial charge in [-0.3, -0.25) is 10.1 Å². The third kappa shape index (κ3) is 2.70. The molecule has 1 aliphatic rings. The number of nitrogens with zero attached hydrogens (tertiary/aromatic N) is 2. The molecule has 0 saturated heterocycles. The number of carbonyl (C=O) groups is 1. The predicted molar refractivity (Wildman–Crippen MR) is 77.9 cm³/mol. The van der Waals surface area contributed by atoms with E-state index in [-0.39, 0.29) is 5.91 Å². The Morgan fingerprint density at radius 3 is 2.90 bits per heavy atom. The molecule has 0 spiro atoms. The Labute approximate surface area is 120 Å². The van der Waals surface area contributed by atoms with Crippen LogP contribution in [-0.2, 0) is 9.63 Å². The highest BCUT2D eigenvalue weighted by molar-refractivity contribution is 7.15. The van der Waals surface area contributed by atoms with Gasteiger partial charge in [0.2, 0.25) is 6.10 Å². The van der Waals surface area contributed by atoms with Crippen molar-refractivity contribution in [1.29, 1.82) is 0 Å². The van der Waals surface area contributed by atoms with E-state index in [0.717, 1.165) is 16.2 Å². The highest BCUT2D eigenvalue weighted by atomic mass is 32.1. The van der Waals surface area contributed by atoms with Crippen LogP contribution in [0.2, 0.25) is 0 Å². The summed E-state index contributed by atoms with van der Waals surface area (Å²) in [7, 11) is 0. The van der Waals surface area contributed by atoms with Gasteiger partial charge in [-0.25, -0.2) is 4.98 Å². The fourth-order valence-electron chi connectivity index (χ4n) is 1.92. The summed E-state index contributed by atoms with van der Waals surface area (Å²) < 4.78 is 0. The van der Waals surface area contributed by atoms with E-state index in [1.807, 2.05) is 37.3 Å². The van der Waals surface area contributed by atoms with E-state index in [0.29, 0.717) is 11.6 Å². The third-order valence-electron chi connectivity index (χ3n) is 2.92. The Balaban J connectivity index is 1.62. The summed E-state index contributed by atoms with van der Waals surface area (Å²) >= 11 is 1.44. The number of oxime groups is 1. The largest absolute Gasteiger partial charge is 0.382 e. The van der Waals surface area contributed by atoms with Crippen molar-refractivity contribution in [2.45, 2.75) is 19.4 Å². The second kappa shape index (κ2) is 5.42. The highest BCUT2D eigenvalue weighted by Crippen LogP contribution is 2.20. The van der Waals surface area contributed by atoms with Crippen LogP contribution in [0.15, 0.2) is 41.7 Å². The topological polar surface area (TPSA) is 63.6 Å². The zero-order valence-corrected chi connectivity index (χ0v) is 11.7. The van der Waals surface area contributed by atoms with Crippen LogP contribution in [0.4, 0.5) is 5.13 Å². The van der Waals surface area contributed by atoms with Gasteiger partial charge in [0, 0.05) is 17.5 Å². The molecule has 0 aliphatic carbocycles. The Morgan fingerprint density at radius 2 is 2.20 bits per heavy atom. The maximum absolute atomic E-state index is 12.1. The first-order valence-corrected chi connectivity index (χ1v) is 7.05. The van der Waals surface area contributed by atoms with E-state index in [4.69, 9.17) is 4.84 Å². The molecule has 0 unspecified atom stereocenters. The molecule has 2 aromatic rings. The van der Waals surface area contributed by atoms with Gasteiger partial charge in [0.15, 0.2) is 5.13 Å². The number of carbonyl (C=O) groups excluding carboxylic acids is 1. The summed E-state index contributed by atoms with van der Waals surface area (Å²) in [5, 5.41) is 7.33. The SMILES string of the molecule is Cc1cnc(NC(=O)[C@@H]2CC(c3ccccc3)=NO2)s1. The molecule has 102 valence electrons. The van der Waals surface area contributed by atoms with Crippen LogP contribution in [0.3, 0.4) is 0 Å². The van der Waals surface area contributed by atoms with Gasteiger partial charge in [-0.05, 0) is 12.5 Å². The van der Waals surface area contributed by atoms with Crippen LogP contribution < -0.4 is 5.32 Å². The minimum Gasteiger partial charge on any atom is -0.382 e. The Morgan fingerprint density at radius 1 is 1.40 bits per heavy atom. The van der Waals surface area contributed by atoms with Gasteiger partial charge in [-0.15, -0.1) is 11.3 Å². The highest BCUT2D eigenvalue weighted by Gasteiger charge is 2.29. The average molecular weight is 287 g/mol. The second-order valence-electron chi connectivity index (χ2n) is 4.47. The first-order chi connectivity index (χ1) is 9.72. The standard InChI is InChI=1S/C14H13N3O2S/c1-9-8-15-14(20-9)16-13(18)12-7-11(17-19-12)10-5-3-2-4-6-10/h2-6,8,12H,7H2,1H3,(H,15,16,18)/t12-/m0/s1. The van der Waals surface area contributed by atoms with E-state index >= 15 is 0 Å². The van der Waals surface area contributed by atoms with E-state index < -0.39 is 6.10 Å². The molecule has 5 nitrogen and oxygen atoms in total. The van der Waals surface area contributed by atoms with E-state index in [1.54, 1.807) is 6.20 Å². The van der Waals surface area contributed by atoms with Crippen LogP contribution in [0, 0.1) is 6.92 Å². The minimum absolute atomic E-state index is 0.214. The van der Waals surface area contributed by atoms with E-state index in [2.05, 4.69) is 15.5 Å². The maximum Gasteiger partial charge on any atom is 0.270 e. The molecule has 1 aromatic carbocycles. The van der Waals surface area contributed by atoms with Gasteiger partial charge >= 0.3 is 0 Å². The summed E-state index contributed by atoms with van der Waals surface area (Å²) in [6, 6.07) is 9.71. The van der Waals surface area contributed by atoms with E-state index in [1.165, 1.54) is 11.3 Å². The molecule has 1 atom stereocenters. The van der Waals surface area contributed by atoms with Gasteiger partial charge in [0.05, 0.1) is 5.71 Å². The van der Waals surface area contributed by atoms with Crippen LogP contribution in [0.25, 0.3) is 0 Å². The minimum atomic E-state index is -0.589. The van der Waals surface area contributed by atoms with E-state index in [9.17, 15) is 4.79 Å². The lowest BCUT2D eigenvalue weighted by atomic mass is 10.1. The smallest absolute Gasteiger partial charge is 0.270 e. The molecule has 2 heterocycles. The van der Waals surface area contributed by atoms with Crippen molar-refractivity contribution in [1.82, 2.24) is 4.98 Å². The predicted octanol–water partition coefficient (Wildman–Crippen LogP) is 2.58. The number of amides is 1. The van der Waals surface area contributed by atoms with Crippen molar-refractivity contribution >= 4 is 28.1 Å². The molecule has 0 radical (unpaired) electrons. The third-order valence-corrected chi connectivity index (χ3v) is 3.75. The quantitative estimate of drug-likeness (QED) is 0.943. The molecule has 1 amide bonds. The fraction of sp³-hybridized carbons (Fsp3) is 0.214. The number of hydrogen-bond acceptors (Lipinski definition) is 5. The molecule has 0 saturated carbocycles. The number of hydrogen-bond donors (Lipinski definition) is 1. The summed E-state index contributed by atoms with van der Waals surface area (Å²) in [6.45, 7) is 1.94. The van der Waals surface area contributed by atoms with Crippen LogP contribution >= 0.6 is 11.3 Å². The Hall–Kier alpha value is -2.21. The van der Waals surface area contributed by atoms with Gasteiger partial charge in [0.25, 0.3) is 5.91 Å². The molecule has 3 rings (SSSR count). The van der Waals surface area contributed by atoms with Gasteiger partial charge < -0.3 is 4.84 Å². The second-order valence-corrected chi connectivity index (χ2v) is 5.70. The fourth-order valence-corrected chi connectivity index (χ4v) is 2.58. The van der Waals surface area contributed by atoms with Gasteiger partial charge in [-0.2, -0.15) is 0 Å². The molecule has 1 N–H and O–H groups in total. The summed E-state index contributed by atoms with van der Waals surface area (Å²) in [6.07, 6.45) is 1.61. The molecule has 1 aliphatic heterocycles. The zero-order valence-electron chi connectivity index (χ0n) is 10.9. The van der Waals surface area contributed by atoms with Crippen molar-refractivity contribution in [3.05, 3.63) is 47.0 Å². The molecule has 0 fully saturated rings. The van der Waals surface area contributed by atoms with Crippen molar-refractivity contribution in [2.75, 3.05) is 5.32 Å². The lowest BCUT2D eigenvalue weighted by Crippen LogP contribution is -2.27. The van der Waals surface area contributed by atoms with Crippen molar-refractivity contribution in [3.63, 3.8) is 0 Å². The lowest BCUT2D eigenvalue weighted by molar-refractivity contribution is -0.125. The van der Waals surface area contributed by atoms with Gasteiger partial charge in [0.1, 0.15) is 0 Å². The number of rotatable bonds is 3. The number of anilines is 1. The summed E-state index contributed by atoms with van der Waals surface area (Å²) in [4.78, 5) is 22.4. The molecular formula is C14H13N3O2S. The lowest BCUT2D eigenvalue weighted by Gasteiger charge is -2.06.